The molecule has 146 valence electrons. The van der Waals surface area contributed by atoms with Crippen LogP contribution in [0.25, 0.3) is 0 Å². The van der Waals surface area contributed by atoms with Crippen molar-refractivity contribution in [3.63, 3.8) is 0 Å². The number of aliphatic imine (C=N–C) groups is 1. The van der Waals surface area contributed by atoms with Crippen LogP contribution >= 0.6 is 30.9 Å². The van der Waals surface area contributed by atoms with Gasteiger partial charge in [-0.3, -0.25) is 0 Å². The van der Waals surface area contributed by atoms with Gasteiger partial charge in [0.05, 0.1) is 10.5 Å². The van der Waals surface area contributed by atoms with Crippen LogP contribution in [0.4, 0.5) is 0 Å². The number of benzene rings is 3. The van der Waals surface area contributed by atoms with Gasteiger partial charge in [-0.05, 0) is 15.9 Å². The van der Waals surface area contributed by atoms with Gasteiger partial charge >= 0.3 is 0 Å². The van der Waals surface area contributed by atoms with Crippen LogP contribution in [0, 0.1) is 5.41 Å². The molecule has 0 radical (unpaired) electrons. The molecule has 0 aromatic heterocycles. The molecule has 0 saturated carbocycles. The Balaban J connectivity index is 2.22. The Bertz CT molecular complexity index is 1010. The molecule has 1 heterocycles. The minimum Gasteiger partial charge on any atom is -0.243 e. The molecule has 3 aromatic carbocycles. The fraction of sp³-hybridized carbons (Fsp3) is 0.160. The predicted molar refractivity (Wildman–Crippen MR) is 137 cm³/mol. The van der Waals surface area contributed by atoms with E-state index in [1.54, 1.807) is 11.8 Å². The van der Waals surface area contributed by atoms with Crippen molar-refractivity contribution >= 4 is 61.4 Å². The van der Waals surface area contributed by atoms with Crippen LogP contribution in [0.2, 0.25) is 0 Å². The van der Waals surface area contributed by atoms with Gasteiger partial charge in [-0.25, -0.2) is 4.99 Å². The SMILES string of the molecule is CC(C)(C)C1=NC(=P(c2ccccc2)(c2ccccc2)c2ccccc2)C(=S)S1. The Morgan fingerprint density at radius 3 is 1.38 bits per heavy atom. The van der Waals surface area contributed by atoms with E-state index in [2.05, 4.69) is 112 Å². The average molecular weight is 434 g/mol. The van der Waals surface area contributed by atoms with E-state index in [0.29, 0.717) is 0 Å². The van der Waals surface area contributed by atoms with E-state index in [1.807, 2.05) is 0 Å². The zero-order valence-corrected chi connectivity index (χ0v) is 19.4. The van der Waals surface area contributed by atoms with Crippen LogP contribution in [0.5, 0.6) is 0 Å². The van der Waals surface area contributed by atoms with Crippen molar-refractivity contribution in [2.24, 2.45) is 10.4 Å². The molecule has 0 N–H and O–H groups in total. The highest BCUT2D eigenvalue weighted by Gasteiger charge is 2.37. The van der Waals surface area contributed by atoms with Crippen LogP contribution < -0.4 is 15.9 Å². The van der Waals surface area contributed by atoms with Gasteiger partial charge in [0.2, 0.25) is 0 Å². The second-order valence-corrected chi connectivity index (χ2v) is 13.0. The molecule has 1 aliphatic heterocycles. The van der Waals surface area contributed by atoms with Crippen molar-refractivity contribution in [1.82, 2.24) is 0 Å². The van der Waals surface area contributed by atoms with Gasteiger partial charge < -0.3 is 0 Å². The third kappa shape index (κ3) is 3.68. The molecule has 0 bridgehead atoms. The van der Waals surface area contributed by atoms with E-state index in [-0.39, 0.29) is 5.41 Å². The van der Waals surface area contributed by atoms with Crippen LogP contribution in [0.3, 0.4) is 0 Å². The van der Waals surface area contributed by atoms with Crippen molar-refractivity contribution < 1.29 is 0 Å². The molecular weight excluding hydrogens is 409 g/mol. The number of thioether (sulfide) groups is 1. The number of hydrogen-bond donors (Lipinski definition) is 0. The number of thiocarbonyl (C=S) groups is 1. The van der Waals surface area contributed by atoms with E-state index < -0.39 is 6.89 Å². The Morgan fingerprint density at radius 2 is 1.07 bits per heavy atom. The molecule has 3 aromatic rings. The lowest BCUT2D eigenvalue weighted by molar-refractivity contribution is 0.603. The minimum absolute atomic E-state index is 0.0315. The number of nitrogens with zero attached hydrogens (tertiary/aromatic N) is 1. The lowest BCUT2D eigenvalue weighted by atomic mass is 9.99. The van der Waals surface area contributed by atoms with Crippen LogP contribution in [-0.2, 0) is 0 Å². The van der Waals surface area contributed by atoms with E-state index in [1.165, 1.54) is 15.9 Å². The molecule has 0 unspecified atom stereocenters. The highest BCUT2D eigenvalue weighted by molar-refractivity contribution is 8.37. The molecule has 29 heavy (non-hydrogen) atoms. The van der Waals surface area contributed by atoms with Crippen LogP contribution in [0.1, 0.15) is 20.8 Å². The Hall–Kier alpha value is -1.93. The number of rotatable bonds is 3. The predicted octanol–water partition coefficient (Wildman–Crippen LogP) is 5.63. The van der Waals surface area contributed by atoms with Crippen LogP contribution in [0.15, 0.2) is 96.0 Å². The smallest absolute Gasteiger partial charge is 0.103 e. The molecule has 0 saturated heterocycles. The standard InChI is InChI=1S/C25H24NPS2/c1-25(2,3)24-26-22(23(28)29-24)27(19-13-7-4-8-14-19,20-15-9-5-10-16-20)21-17-11-6-12-18-21/h4-18H,1-3H3. The van der Waals surface area contributed by atoms with Crippen LogP contribution in [-0.4, -0.2) is 14.7 Å². The van der Waals surface area contributed by atoms with Gasteiger partial charge in [0.1, 0.15) is 4.20 Å². The summed E-state index contributed by atoms with van der Waals surface area (Å²) < 4.78 is 0.903. The summed E-state index contributed by atoms with van der Waals surface area (Å²) in [7, 11) is 0. The molecule has 1 nitrogen and oxygen atoms in total. The minimum atomic E-state index is -2.20. The van der Waals surface area contributed by atoms with Gasteiger partial charge in [0, 0.05) is 12.3 Å². The topological polar surface area (TPSA) is 12.4 Å². The van der Waals surface area contributed by atoms with E-state index in [0.717, 1.165) is 14.7 Å². The van der Waals surface area contributed by atoms with Crippen molar-refractivity contribution in [2.45, 2.75) is 20.8 Å². The third-order valence-electron chi connectivity index (χ3n) is 4.97. The second kappa shape index (κ2) is 8.07. The quantitative estimate of drug-likeness (QED) is 0.392. The number of hydrogen-bond acceptors (Lipinski definition) is 2. The zero-order valence-electron chi connectivity index (χ0n) is 16.9. The lowest BCUT2D eigenvalue weighted by Gasteiger charge is -2.30. The molecule has 0 spiro atoms. The first-order valence-electron chi connectivity index (χ1n) is 9.69. The van der Waals surface area contributed by atoms with Gasteiger partial charge in [0.15, 0.2) is 0 Å². The zero-order chi connectivity index (χ0) is 20.5. The van der Waals surface area contributed by atoms with E-state index in [9.17, 15) is 0 Å². The monoisotopic (exact) mass is 433 g/mol. The summed E-state index contributed by atoms with van der Waals surface area (Å²) >= 11 is 7.64. The summed E-state index contributed by atoms with van der Waals surface area (Å²) in [4.78, 5) is 5.25. The van der Waals surface area contributed by atoms with Crippen molar-refractivity contribution in [1.29, 1.82) is 0 Å². The second-order valence-electron chi connectivity index (χ2n) is 8.06. The summed E-state index contributed by atoms with van der Waals surface area (Å²) in [5, 5.41) is 4.96. The Morgan fingerprint density at radius 1 is 0.690 bits per heavy atom. The van der Waals surface area contributed by atoms with Gasteiger partial charge in [-0.1, -0.05) is 136 Å². The van der Waals surface area contributed by atoms with Gasteiger partial charge in [-0.2, -0.15) is 0 Å². The van der Waals surface area contributed by atoms with E-state index in [4.69, 9.17) is 17.2 Å². The third-order valence-corrected chi connectivity index (χ3v) is 11.2. The van der Waals surface area contributed by atoms with Crippen molar-refractivity contribution in [3.8, 4) is 0 Å². The Kier molecular flexibility index (Phi) is 5.66. The maximum atomic E-state index is 5.97. The van der Waals surface area contributed by atoms with Crippen molar-refractivity contribution in [2.75, 3.05) is 0 Å². The first-order chi connectivity index (χ1) is 13.9. The van der Waals surface area contributed by atoms with Gasteiger partial charge in [0.25, 0.3) is 0 Å². The summed E-state index contributed by atoms with van der Waals surface area (Å²) in [5.41, 5.74) is 1.03. The first-order valence-corrected chi connectivity index (χ1v) is 12.7. The molecule has 0 atom stereocenters. The summed E-state index contributed by atoms with van der Waals surface area (Å²) in [6.07, 6.45) is 0. The summed E-state index contributed by atoms with van der Waals surface area (Å²) in [6.45, 7) is 4.42. The largest absolute Gasteiger partial charge is 0.243 e. The maximum Gasteiger partial charge on any atom is 0.103 e. The van der Waals surface area contributed by atoms with Gasteiger partial charge in [-0.15, -0.1) is 0 Å². The fourth-order valence-corrected chi connectivity index (χ4v) is 9.67. The first kappa shape index (κ1) is 20.3. The normalized spacial score (nSPS) is 14.8. The highest BCUT2D eigenvalue weighted by atomic mass is 32.2. The summed E-state index contributed by atoms with van der Waals surface area (Å²) in [6, 6.07) is 32.4. The van der Waals surface area contributed by atoms with E-state index >= 15 is 0 Å². The average Bonchev–Trinajstić information content (AvgIpc) is 3.14. The molecule has 0 fully saturated rings. The maximum absolute atomic E-state index is 5.97. The molecule has 0 aliphatic carbocycles. The molecular formula is C25H24NPS2. The summed E-state index contributed by atoms with van der Waals surface area (Å²) in [5.74, 6) is 0. The molecule has 0 amide bonds. The molecule has 4 heteroatoms. The van der Waals surface area contributed by atoms with Crippen molar-refractivity contribution in [3.05, 3.63) is 91.0 Å². The molecule has 1 aliphatic rings. The Labute approximate surface area is 183 Å². The molecule has 4 rings (SSSR count). The lowest BCUT2D eigenvalue weighted by Crippen LogP contribution is -2.31. The fourth-order valence-electron chi connectivity index (χ4n) is 3.60. The highest BCUT2D eigenvalue weighted by Crippen LogP contribution is 2.50.